The van der Waals surface area contributed by atoms with Crippen molar-refractivity contribution in [1.29, 1.82) is 0 Å². The zero-order valence-corrected chi connectivity index (χ0v) is 10.6. The first kappa shape index (κ1) is 11.6. The van der Waals surface area contributed by atoms with Gasteiger partial charge >= 0.3 is 0 Å². The quantitative estimate of drug-likeness (QED) is 0.835. The van der Waals surface area contributed by atoms with Gasteiger partial charge < -0.3 is 5.73 Å². The Balaban J connectivity index is 1.94. The maximum absolute atomic E-state index is 6.05. The largest absolute Gasteiger partial charge is 0.327 e. The Morgan fingerprint density at radius 2 is 2.13 bits per heavy atom. The molecule has 0 spiro atoms. The molecular formula is C11H13Cl2NS. The predicted molar refractivity (Wildman–Crippen MR) is 67.9 cm³/mol. The molecule has 1 aromatic carbocycles. The van der Waals surface area contributed by atoms with E-state index in [1.165, 1.54) is 12.8 Å². The summed E-state index contributed by atoms with van der Waals surface area (Å²) in [4.78, 5) is 1.03. The van der Waals surface area contributed by atoms with Gasteiger partial charge in [-0.1, -0.05) is 23.2 Å². The molecule has 1 atom stereocenters. The van der Waals surface area contributed by atoms with Gasteiger partial charge in [-0.3, -0.25) is 0 Å². The summed E-state index contributed by atoms with van der Waals surface area (Å²) in [7, 11) is 0. The minimum absolute atomic E-state index is 0.296. The Hall–Kier alpha value is 0.110. The topological polar surface area (TPSA) is 26.0 Å². The van der Waals surface area contributed by atoms with Crippen molar-refractivity contribution in [2.45, 2.75) is 23.8 Å². The minimum atomic E-state index is 0.296. The van der Waals surface area contributed by atoms with Crippen molar-refractivity contribution in [1.82, 2.24) is 0 Å². The molecule has 1 fully saturated rings. The van der Waals surface area contributed by atoms with Crippen LogP contribution in [0.5, 0.6) is 0 Å². The van der Waals surface area contributed by atoms with Crippen LogP contribution in [-0.2, 0) is 0 Å². The molecule has 15 heavy (non-hydrogen) atoms. The number of hydrogen-bond acceptors (Lipinski definition) is 2. The van der Waals surface area contributed by atoms with Gasteiger partial charge in [0.15, 0.2) is 0 Å². The van der Waals surface area contributed by atoms with Gasteiger partial charge in [0.25, 0.3) is 0 Å². The number of nitrogens with two attached hydrogens (primary N) is 1. The first-order valence-corrected chi connectivity index (χ1v) is 6.74. The molecule has 0 amide bonds. The highest BCUT2D eigenvalue weighted by molar-refractivity contribution is 7.99. The van der Waals surface area contributed by atoms with Gasteiger partial charge in [0.05, 0.1) is 5.02 Å². The molecule has 1 unspecified atom stereocenters. The molecule has 0 radical (unpaired) electrons. The van der Waals surface area contributed by atoms with E-state index in [1.54, 1.807) is 17.8 Å². The number of rotatable bonds is 4. The van der Waals surface area contributed by atoms with E-state index < -0.39 is 0 Å². The van der Waals surface area contributed by atoms with Crippen LogP contribution >= 0.6 is 35.0 Å². The zero-order chi connectivity index (χ0) is 10.8. The summed E-state index contributed by atoms with van der Waals surface area (Å²) < 4.78 is 0. The third-order valence-corrected chi connectivity index (χ3v) is 4.43. The molecule has 0 bridgehead atoms. The van der Waals surface area contributed by atoms with Crippen LogP contribution in [0.1, 0.15) is 12.8 Å². The van der Waals surface area contributed by atoms with E-state index in [-0.39, 0.29) is 0 Å². The zero-order valence-electron chi connectivity index (χ0n) is 8.25. The average Bonchev–Trinajstić information content (AvgIpc) is 3.02. The first-order valence-electron chi connectivity index (χ1n) is 5.00. The predicted octanol–water partition coefficient (Wildman–Crippen LogP) is 3.82. The lowest BCUT2D eigenvalue weighted by Crippen LogP contribution is -2.24. The van der Waals surface area contributed by atoms with Gasteiger partial charge in [-0.25, -0.2) is 0 Å². The van der Waals surface area contributed by atoms with E-state index >= 15 is 0 Å². The number of hydrogen-bond donors (Lipinski definition) is 1. The Bertz CT molecular complexity index is 352. The molecule has 1 nitrogen and oxygen atoms in total. The third-order valence-electron chi connectivity index (χ3n) is 2.55. The van der Waals surface area contributed by atoms with Gasteiger partial charge in [-0.15, -0.1) is 11.8 Å². The van der Waals surface area contributed by atoms with E-state index in [1.807, 2.05) is 12.1 Å². The van der Waals surface area contributed by atoms with Crippen LogP contribution in [0.4, 0.5) is 0 Å². The van der Waals surface area contributed by atoms with Crippen LogP contribution in [-0.4, -0.2) is 11.8 Å². The maximum atomic E-state index is 6.05. The van der Waals surface area contributed by atoms with E-state index in [0.29, 0.717) is 6.04 Å². The fraction of sp³-hybridized carbons (Fsp3) is 0.455. The summed E-state index contributed by atoms with van der Waals surface area (Å²) in [5.74, 6) is 1.65. The second kappa shape index (κ2) is 4.96. The van der Waals surface area contributed by atoms with E-state index in [9.17, 15) is 0 Å². The van der Waals surface area contributed by atoms with Crippen LogP contribution in [0, 0.1) is 5.92 Å². The molecule has 0 aromatic heterocycles. The second-order valence-electron chi connectivity index (χ2n) is 3.89. The summed E-state index contributed by atoms with van der Waals surface area (Å²) >= 11 is 13.7. The van der Waals surface area contributed by atoms with Crippen LogP contribution in [0.2, 0.25) is 10.0 Å². The van der Waals surface area contributed by atoms with Gasteiger partial charge in [0.2, 0.25) is 0 Å². The fourth-order valence-corrected chi connectivity index (χ4v) is 3.01. The lowest BCUT2D eigenvalue weighted by Gasteiger charge is -2.10. The molecular weight excluding hydrogens is 249 g/mol. The molecule has 0 heterocycles. The summed E-state index contributed by atoms with van der Waals surface area (Å²) in [5.41, 5.74) is 6.02. The van der Waals surface area contributed by atoms with Crippen molar-refractivity contribution >= 4 is 35.0 Å². The van der Waals surface area contributed by atoms with Crippen LogP contribution < -0.4 is 5.73 Å². The lowest BCUT2D eigenvalue weighted by atomic mass is 10.2. The maximum Gasteiger partial charge on any atom is 0.0542 e. The number of halogens is 2. The smallest absolute Gasteiger partial charge is 0.0542 e. The summed E-state index contributed by atoms with van der Waals surface area (Å²) in [6, 6.07) is 5.82. The normalized spacial score (nSPS) is 17.8. The minimum Gasteiger partial charge on any atom is -0.327 e. The number of thioether (sulfide) groups is 1. The van der Waals surface area contributed by atoms with E-state index in [4.69, 9.17) is 28.9 Å². The van der Waals surface area contributed by atoms with Crippen LogP contribution in [0.3, 0.4) is 0 Å². The highest BCUT2D eigenvalue weighted by Crippen LogP contribution is 2.36. The van der Waals surface area contributed by atoms with Gasteiger partial charge in [-0.05, 0) is 37.0 Å². The summed E-state index contributed by atoms with van der Waals surface area (Å²) in [6.45, 7) is 0. The van der Waals surface area contributed by atoms with E-state index in [0.717, 1.165) is 26.6 Å². The van der Waals surface area contributed by atoms with Crippen LogP contribution in [0.25, 0.3) is 0 Å². The van der Waals surface area contributed by atoms with Crippen LogP contribution in [0.15, 0.2) is 23.1 Å². The third kappa shape index (κ3) is 3.28. The average molecular weight is 262 g/mol. The lowest BCUT2D eigenvalue weighted by molar-refractivity contribution is 0.659. The van der Waals surface area contributed by atoms with Crippen molar-refractivity contribution < 1.29 is 0 Å². The van der Waals surface area contributed by atoms with Gasteiger partial charge in [0, 0.05) is 21.7 Å². The van der Waals surface area contributed by atoms with Gasteiger partial charge in [0.1, 0.15) is 0 Å². The molecule has 1 aliphatic rings. The van der Waals surface area contributed by atoms with Crippen molar-refractivity contribution in [3.63, 3.8) is 0 Å². The molecule has 1 aliphatic carbocycles. The Kier molecular flexibility index (Phi) is 3.83. The first-order chi connectivity index (χ1) is 7.16. The molecule has 0 aliphatic heterocycles. The van der Waals surface area contributed by atoms with E-state index in [2.05, 4.69) is 0 Å². The molecule has 82 valence electrons. The molecule has 1 aromatic rings. The highest BCUT2D eigenvalue weighted by Gasteiger charge is 2.28. The number of benzene rings is 1. The monoisotopic (exact) mass is 261 g/mol. The van der Waals surface area contributed by atoms with Gasteiger partial charge in [-0.2, -0.15) is 0 Å². The molecule has 0 saturated heterocycles. The summed E-state index contributed by atoms with van der Waals surface area (Å²) in [6.07, 6.45) is 2.57. The highest BCUT2D eigenvalue weighted by atomic mass is 35.5. The second-order valence-corrected chi connectivity index (χ2v) is 5.79. The molecule has 2 rings (SSSR count). The molecule has 1 saturated carbocycles. The van der Waals surface area contributed by atoms with Crippen molar-refractivity contribution in [3.05, 3.63) is 28.2 Å². The van der Waals surface area contributed by atoms with Crippen molar-refractivity contribution in [3.8, 4) is 0 Å². The Labute approximate surface area is 104 Å². The molecule has 2 N–H and O–H groups in total. The Morgan fingerprint density at radius 3 is 2.80 bits per heavy atom. The standard InChI is InChI=1S/C11H13Cl2NS/c12-8-3-4-9(13)11(5-8)15-6-10(14)7-1-2-7/h3-5,7,10H,1-2,6,14H2. The Morgan fingerprint density at radius 1 is 1.40 bits per heavy atom. The van der Waals surface area contributed by atoms with Crippen molar-refractivity contribution in [2.75, 3.05) is 5.75 Å². The SMILES string of the molecule is NC(CSc1cc(Cl)ccc1Cl)C1CC1. The molecule has 4 heteroatoms. The fourth-order valence-electron chi connectivity index (χ4n) is 1.43. The summed E-state index contributed by atoms with van der Waals surface area (Å²) in [5, 5.41) is 1.48. The van der Waals surface area contributed by atoms with Crippen molar-refractivity contribution in [2.24, 2.45) is 11.7 Å².